The minimum absolute atomic E-state index is 0.149. The third-order valence-electron chi connectivity index (χ3n) is 5.87. The highest BCUT2D eigenvalue weighted by molar-refractivity contribution is 5.87. The van der Waals surface area contributed by atoms with Crippen molar-refractivity contribution >= 4 is 5.91 Å². The second-order valence-electron chi connectivity index (χ2n) is 6.66. The Labute approximate surface area is 110 Å². The molecule has 0 heterocycles. The molecule has 100 valence electrons. The summed E-state index contributed by atoms with van der Waals surface area (Å²) < 4.78 is 0. The molecule has 18 heavy (non-hydrogen) atoms. The number of likely N-dealkylation sites (N-methyl/N-ethyl adjacent to an activating group) is 1. The van der Waals surface area contributed by atoms with Gasteiger partial charge in [-0.15, -0.1) is 0 Å². The predicted octanol–water partition coefficient (Wildman–Crippen LogP) is 3.38. The van der Waals surface area contributed by atoms with Crippen molar-refractivity contribution in [2.75, 3.05) is 6.54 Å². The molecule has 4 atom stereocenters. The third-order valence-corrected chi connectivity index (χ3v) is 5.87. The van der Waals surface area contributed by atoms with Crippen molar-refractivity contribution < 1.29 is 4.79 Å². The molecule has 0 saturated heterocycles. The maximum Gasteiger partial charge on any atom is 0.246 e. The van der Waals surface area contributed by atoms with E-state index in [9.17, 15) is 4.79 Å². The summed E-state index contributed by atoms with van der Waals surface area (Å²) >= 11 is 0. The molecule has 2 heteroatoms. The number of nitrogens with zero attached hydrogens (tertiary/aromatic N) is 1. The minimum Gasteiger partial charge on any atom is -0.334 e. The fraction of sp³-hybridized carbons (Fsp3) is 0.812. The average molecular weight is 247 g/mol. The Kier molecular flexibility index (Phi) is 2.99. The van der Waals surface area contributed by atoms with Gasteiger partial charge in [0.05, 0.1) is 0 Å². The molecule has 2 nitrogen and oxygen atoms in total. The van der Waals surface area contributed by atoms with Gasteiger partial charge in [-0.25, -0.2) is 0 Å². The first-order valence-electron chi connectivity index (χ1n) is 7.62. The van der Waals surface area contributed by atoms with Gasteiger partial charge in [-0.1, -0.05) is 13.0 Å². The van der Waals surface area contributed by atoms with Gasteiger partial charge >= 0.3 is 0 Å². The second-order valence-corrected chi connectivity index (χ2v) is 6.66. The highest BCUT2D eigenvalue weighted by Crippen LogP contribution is 2.56. The fourth-order valence-electron chi connectivity index (χ4n) is 5.20. The van der Waals surface area contributed by atoms with Crippen LogP contribution < -0.4 is 0 Å². The van der Waals surface area contributed by atoms with Crippen LogP contribution in [0.3, 0.4) is 0 Å². The molecule has 0 N–H and O–H groups in total. The molecular weight excluding hydrogens is 222 g/mol. The van der Waals surface area contributed by atoms with Crippen molar-refractivity contribution in [2.24, 2.45) is 17.8 Å². The Morgan fingerprint density at radius 2 is 2.17 bits per heavy atom. The van der Waals surface area contributed by atoms with Crippen molar-refractivity contribution in [3.8, 4) is 0 Å². The van der Waals surface area contributed by atoms with Gasteiger partial charge < -0.3 is 4.90 Å². The van der Waals surface area contributed by atoms with Gasteiger partial charge in [0.1, 0.15) is 0 Å². The number of fused-ring (bicyclic) bond motifs is 2. The number of hydrogen-bond acceptors (Lipinski definition) is 1. The standard InChI is InChI=1S/C16H25NO/c1-3-15(18)17(4-2)16-8-7-13-6-5-12(10-16)9-14(13)11-16/h3,12-14H,1,4-11H2,2H3. The number of amides is 1. The molecule has 3 fully saturated rings. The van der Waals surface area contributed by atoms with Crippen LogP contribution in [-0.2, 0) is 4.79 Å². The van der Waals surface area contributed by atoms with Gasteiger partial charge in [-0.3, -0.25) is 4.79 Å². The van der Waals surface area contributed by atoms with E-state index in [1.807, 2.05) is 0 Å². The number of rotatable bonds is 3. The van der Waals surface area contributed by atoms with Crippen molar-refractivity contribution in [1.82, 2.24) is 4.90 Å². The lowest BCUT2D eigenvalue weighted by Crippen LogP contribution is -2.59. The Morgan fingerprint density at radius 3 is 2.89 bits per heavy atom. The van der Waals surface area contributed by atoms with Crippen LogP contribution in [0.4, 0.5) is 0 Å². The van der Waals surface area contributed by atoms with Gasteiger partial charge in [0.15, 0.2) is 0 Å². The molecule has 0 aliphatic heterocycles. The number of carbonyl (C=O) groups excluding carboxylic acids is 1. The van der Waals surface area contributed by atoms with E-state index in [4.69, 9.17) is 0 Å². The van der Waals surface area contributed by atoms with Gasteiger partial charge in [0.2, 0.25) is 5.91 Å². The lowest BCUT2D eigenvalue weighted by Gasteiger charge is -2.58. The summed E-state index contributed by atoms with van der Waals surface area (Å²) in [4.78, 5) is 14.3. The summed E-state index contributed by atoms with van der Waals surface area (Å²) in [5.74, 6) is 2.90. The maximum absolute atomic E-state index is 12.2. The van der Waals surface area contributed by atoms with E-state index < -0.39 is 0 Å². The summed E-state index contributed by atoms with van der Waals surface area (Å²) in [5, 5.41) is 0. The SMILES string of the molecule is C=CC(=O)N(CC)C12CCC3CCC(CC3C1)C2. The molecule has 0 aromatic rings. The zero-order valence-corrected chi connectivity index (χ0v) is 11.5. The average Bonchev–Trinajstić information content (AvgIpc) is 2.37. The molecule has 3 bridgehead atoms. The van der Waals surface area contributed by atoms with E-state index in [1.165, 1.54) is 51.0 Å². The first kappa shape index (κ1) is 12.3. The van der Waals surface area contributed by atoms with E-state index in [0.717, 1.165) is 24.3 Å². The molecule has 0 aromatic heterocycles. The first-order valence-corrected chi connectivity index (χ1v) is 7.62. The molecule has 0 aromatic carbocycles. The van der Waals surface area contributed by atoms with E-state index in [2.05, 4.69) is 18.4 Å². The number of hydrogen-bond donors (Lipinski definition) is 0. The van der Waals surface area contributed by atoms with Gasteiger partial charge in [0, 0.05) is 12.1 Å². The fourth-order valence-corrected chi connectivity index (χ4v) is 5.20. The van der Waals surface area contributed by atoms with Crippen LogP contribution in [0.1, 0.15) is 51.9 Å². The number of carbonyl (C=O) groups is 1. The maximum atomic E-state index is 12.2. The van der Waals surface area contributed by atoms with Crippen LogP contribution in [0.5, 0.6) is 0 Å². The molecular formula is C16H25NO. The molecule has 3 rings (SSSR count). The molecule has 0 radical (unpaired) electrons. The summed E-state index contributed by atoms with van der Waals surface area (Å²) in [7, 11) is 0. The second kappa shape index (κ2) is 4.40. The Bertz CT molecular complexity index is 360. The lowest BCUT2D eigenvalue weighted by molar-refractivity contribution is -0.141. The topological polar surface area (TPSA) is 20.3 Å². The smallest absolute Gasteiger partial charge is 0.246 e. The summed E-state index contributed by atoms with van der Waals surface area (Å²) in [6.07, 6.45) is 10.9. The Hall–Kier alpha value is -0.790. The highest BCUT2D eigenvalue weighted by Gasteiger charge is 2.52. The van der Waals surface area contributed by atoms with E-state index >= 15 is 0 Å². The van der Waals surface area contributed by atoms with Crippen molar-refractivity contribution in [3.63, 3.8) is 0 Å². The van der Waals surface area contributed by atoms with Crippen LogP contribution in [0.25, 0.3) is 0 Å². The first-order chi connectivity index (χ1) is 8.68. The third kappa shape index (κ3) is 1.72. The largest absolute Gasteiger partial charge is 0.334 e. The lowest BCUT2D eigenvalue weighted by atomic mass is 9.54. The van der Waals surface area contributed by atoms with Gasteiger partial charge in [-0.05, 0) is 69.3 Å². The van der Waals surface area contributed by atoms with E-state index in [0.29, 0.717) is 0 Å². The van der Waals surface area contributed by atoms with Crippen LogP contribution in [0, 0.1) is 17.8 Å². The Morgan fingerprint density at radius 1 is 1.33 bits per heavy atom. The quantitative estimate of drug-likeness (QED) is 0.700. The molecule has 0 spiro atoms. The van der Waals surface area contributed by atoms with Crippen LogP contribution in [-0.4, -0.2) is 22.9 Å². The summed E-state index contributed by atoms with van der Waals surface area (Å²) in [5.41, 5.74) is 0.185. The molecule has 3 aliphatic carbocycles. The van der Waals surface area contributed by atoms with Gasteiger partial charge in [0.25, 0.3) is 0 Å². The molecule has 1 amide bonds. The van der Waals surface area contributed by atoms with Crippen LogP contribution in [0.2, 0.25) is 0 Å². The summed E-state index contributed by atoms with van der Waals surface area (Å²) in [6.45, 7) is 6.64. The van der Waals surface area contributed by atoms with E-state index in [-0.39, 0.29) is 11.4 Å². The van der Waals surface area contributed by atoms with Gasteiger partial charge in [-0.2, -0.15) is 0 Å². The molecule has 3 saturated carbocycles. The monoisotopic (exact) mass is 247 g/mol. The van der Waals surface area contributed by atoms with Crippen molar-refractivity contribution in [3.05, 3.63) is 12.7 Å². The summed E-state index contributed by atoms with van der Waals surface area (Å²) in [6, 6.07) is 0. The van der Waals surface area contributed by atoms with Crippen molar-refractivity contribution in [2.45, 2.75) is 57.4 Å². The normalized spacial score (nSPS) is 41.5. The minimum atomic E-state index is 0.149. The molecule has 4 unspecified atom stereocenters. The molecule has 3 aliphatic rings. The van der Waals surface area contributed by atoms with Crippen LogP contribution in [0.15, 0.2) is 12.7 Å². The highest BCUT2D eigenvalue weighted by atomic mass is 16.2. The Balaban J connectivity index is 1.89. The zero-order chi connectivity index (χ0) is 12.8. The van der Waals surface area contributed by atoms with E-state index in [1.54, 1.807) is 0 Å². The zero-order valence-electron chi connectivity index (χ0n) is 11.5. The predicted molar refractivity (Wildman–Crippen MR) is 73.1 cm³/mol. The van der Waals surface area contributed by atoms with Crippen LogP contribution >= 0.6 is 0 Å². The van der Waals surface area contributed by atoms with Crippen molar-refractivity contribution in [1.29, 1.82) is 0 Å².